The highest BCUT2D eigenvalue weighted by Gasteiger charge is 2.36. The van der Waals surface area contributed by atoms with Gasteiger partial charge >= 0.3 is 0 Å². The van der Waals surface area contributed by atoms with Crippen molar-refractivity contribution in [1.29, 1.82) is 0 Å². The van der Waals surface area contributed by atoms with Crippen LogP contribution in [0.1, 0.15) is 37.1 Å². The minimum absolute atomic E-state index is 0.652. The van der Waals surface area contributed by atoms with Crippen molar-refractivity contribution in [3.63, 3.8) is 0 Å². The van der Waals surface area contributed by atoms with Gasteiger partial charge < -0.3 is 4.98 Å². The SMILES string of the molecule is CC1CCCN2CCc3[nH]c4ccccc4c3C12. The molecule has 2 atom stereocenters. The van der Waals surface area contributed by atoms with Crippen LogP contribution in [-0.2, 0) is 6.42 Å². The van der Waals surface area contributed by atoms with Crippen LogP contribution in [0, 0.1) is 5.92 Å². The lowest BCUT2D eigenvalue weighted by Crippen LogP contribution is -2.42. The van der Waals surface area contributed by atoms with Gasteiger partial charge in [0, 0.05) is 35.6 Å². The summed E-state index contributed by atoms with van der Waals surface area (Å²) in [5.74, 6) is 0.789. The Kier molecular flexibility index (Phi) is 2.28. The van der Waals surface area contributed by atoms with Crippen LogP contribution in [0.4, 0.5) is 0 Å². The van der Waals surface area contributed by atoms with E-state index in [0.29, 0.717) is 6.04 Å². The summed E-state index contributed by atoms with van der Waals surface area (Å²) in [4.78, 5) is 6.35. The summed E-state index contributed by atoms with van der Waals surface area (Å²) >= 11 is 0. The van der Waals surface area contributed by atoms with Crippen LogP contribution in [0.5, 0.6) is 0 Å². The third-order valence-electron chi connectivity index (χ3n) is 4.81. The lowest BCUT2D eigenvalue weighted by Gasteiger charge is -2.43. The van der Waals surface area contributed by atoms with Crippen molar-refractivity contribution in [2.75, 3.05) is 13.1 Å². The van der Waals surface area contributed by atoms with Crippen LogP contribution >= 0.6 is 0 Å². The quantitative estimate of drug-likeness (QED) is 0.746. The Bertz CT molecular complexity index is 584. The van der Waals surface area contributed by atoms with Crippen molar-refractivity contribution in [2.45, 2.75) is 32.2 Å². The van der Waals surface area contributed by atoms with E-state index in [9.17, 15) is 0 Å². The first-order valence-corrected chi connectivity index (χ1v) is 7.18. The number of aromatic amines is 1. The maximum atomic E-state index is 3.64. The number of hydrogen-bond acceptors (Lipinski definition) is 1. The molecule has 2 aliphatic heterocycles. The van der Waals surface area contributed by atoms with Gasteiger partial charge in [0.05, 0.1) is 0 Å². The highest BCUT2D eigenvalue weighted by Crippen LogP contribution is 2.43. The summed E-state index contributed by atoms with van der Waals surface area (Å²) in [5, 5.41) is 1.45. The number of fused-ring (bicyclic) bond motifs is 5. The maximum absolute atomic E-state index is 3.64. The third-order valence-corrected chi connectivity index (χ3v) is 4.81. The van der Waals surface area contributed by atoms with Crippen LogP contribution in [0.25, 0.3) is 10.9 Å². The van der Waals surface area contributed by atoms with Crippen LogP contribution in [0.2, 0.25) is 0 Å². The summed E-state index contributed by atoms with van der Waals surface area (Å²) in [7, 11) is 0. The van der Waals surface area contributed by atoms with E-state index in [1.54, 1.807) is 5.56 Å². The van der Waals surface area contributed by atoms with E-state index in [0.717, 1.165) is 5.92 Å². The average Bonchev–Trinajstić information content (AvgIpc) is 2.77. The second-order valence-corrected chi connectivity index (χ2v) is 5.91. The molecule has 2 aromatic rings. The molecule has 0 spiro atoms. The molecule has 2 nitrogen and oxygen atoms in total. The van der Waals surface area contributed by atoms with Gasteiger partial charge in [0.1, 0.15) is 0 Å². The highest BCUT2D eigenvalue weighted by atomic mass is 15.2. The summed E-state index contributed by atoms with van der Waals surface area (Å²) in [6.07, 6.45) is 3.93. The van der Waals surface area contributed by atoms with E-state index >= 15 is 0 Å². The summed E-state index contributed by atoms with van der Waals surface area (Å²) in [5.41, 5.74) is 4.41. The van der Waals surface area contributed by atoms with Crippen molar-refractivity contribution >= 4 is 10.9 Å². The predicted octanol–water partition coefficient (Wildman–Crippen LogP) is 3.50. The zero-order chi connectivity index (χ0) is 12.1. The second kappa shape index (κ2) is 3.86. The third kappa shape index (κ3) is 1.39. The van der Waals surface area contributed by atoms with Gasteiger partial charge in [-0.2, -0.15) is 0 Å². The van der Waals surface area contributed by atoms with Crippen molar-refractivity contribution in [1.82, 2.24) is 9.88 Å². The van der Waals surface area contributed by atoms with Crippen molar-refractivity contribution in [2.24, 2.45) is 5.92 Å². The van der Waals surface area contributed by atoms with Gasteiger partial charge in [-0.1, -0.05) is 25.1 Å². The Morgan fingerprint density at radius 2 is 2.11 bits per heavy atom. The van der Waals surface area contributed by atoms with Gasteiger partial charge in [0.25, 0.3) is 0 Å². The van der Waals surface area contributed by atoms with Crippen LogP contribution in [0.3, 0.4) is 0 Å². The molecule has 0 bridgehead atoms. The molecular formula is C16H20N2. The molecule has 2 unspecified atom stereocenters. The van der Waals surface area contributed by atoms with Gasteiger partial charge in [-0.15, -0.1) is 0 Å². The number of hydrogen-bond donors (Lipinski definition) is 1. The minimum atomic E-state index is 0.652. The molecule has 18 heavy (non-hydrogen) atoms. The molecule has 1 aromatic heterocycles. The number of nitrogens with zero attached hydrogens (tertiary/aromatic N) is 1. The number of piperidine rings is 1. The molecule has 2 heteroatoms. The zero-order valence-electron chi connectivity index (χ0n) is 10.9. The highest BCUT2D eigenvalue weighted by molar-refractivity contribution is 5.85. The molecule has 2 aliphatic rings. The van der Waals surface area contributed by atoms with E-state index in [-0.39, 0.29) is 0 Å². The number of benzene rings is 1. The molecule has 1 fully saturated rings. The Hall–Kier alpha value is -1.28. The first kappa shape index (κ1) is 10.6. The fourth-order valence-corrected chi connectivity index (χ4v) is 4.00. The van der Waals surface area contributed by atoms with Gasteiger partial charge in [-0.05, 0) is 36.9 Å². The number of aromatic nitrogens is 1. The number of nitrogens with one attached hydrogen (secondary N) is 1. The van der Waals surface area contributed by atoms with E-state index in [4.69, 9.17) is 0 Å². The summed E-state index contributed by atoms with van der Waals surface area (Å²) in [6.45, 7) is 4.94. The Labute approximate surface area is 108 Å². The van der Waals surface area contributed by atoms with Crippen LogP contribution < -0.4 is 0 Å². The Balaban J connectivity index is 1.93. The fraction of sp³-hybridized carbons (Fsp3) is 0.500. The van der Waals surface area contributed by atoms with E-state index < -0.39 is 0 Å². The van der Waals surface area contributed by atoms with Crippen molar-refractivity contribution in [3.8, 4) is 0 Å². The predicted molar refractivity (Wildman–Crippen MR) is 74.7 cm³/mol. The molecule has 3 heterocycles. The van der Waals surface area contributed by atoms with Gasteiger partial charge in [-0.25, -0.2) is 0 Å². The van der Waals surface area contributed by atoms with Crippen molar-refractivity contribution in [3.05, 3.63) is 35.5 Å². The standard InChI is InChI=1S/C16H20N2/c1-11-5-4-9-18-10-8-14-15(16(11)18)12-6-2-3-7-13(12)17-14/h2-3,6-7,11,16-17H,4-5,8-10H2,1H3. The zero-order valence-corrected chi connectivity index (χ0v) is 10.9. The summed E-state index contributed by atoms with van der Waals surface area (Å²) < 4.78 is 0. The van der Waals surface area contributed by atoms with Gasteiger partial charge in [-0.3, -0.25) is 4.90 Å². The van der Waals surface area contributed by atoms with Gasteiger partial charge in [0.15, 0.2) is 0 Å². The molecule has 94 valence electrons. The lowest BCUT2D eigenvalue weighted by atomic mass is 9.82. The Morgan fingerprint density at radius 1 is 1.22 bits per heavy atom. The fourth-order valence-electron chi connectivity index (χ4n) is 4.00. The second-order valence-electron chi connectivity index (χ2n) is 5.91. The molecule has 0 saturated carbocycles. The molecular weight excluding hydrogens is 220 g/mol. The van der Waals surface area contributed by atoms with Crippen LogP contribution in [0.15, 0.2) is 24.3 Å². The van der Waals surface area contributed by atoms with E-state index in [1.165, 1.54) is 48.9 Å². The monoisotopic (exact) mass is 240 g/mol. The largest absolute Gasteiger partial charge is 0.358 e. The first-order chi connectivity index (χ1) is 8.84. The smallest absolute Gasteiger partial charge is 0.0459 e. The molecule has 0 aliphatic carbocycles. The first-order valence-electron chi connectivity index (χ1n) is 7.18. The summed E-state index contributed by atoms with van der Waals surface area (Å²) in [6, 6.07) is 9.45. The topological polar surface area (TPSA) is 19.0 Å². The molecule has 1 N–H and O–H groups in total. The molecule has 4 rings (SSSR count). The molecule has 1 aromatic carbocycles. The van der Waals surface area contributed by atoms with Crippen molar-refractivity contribution < 1.29 is 0 Å². The Morgan fingerprint density at radius 3 is 3.06 bits per heavy atom. The number of rotatable bonds is 0. The molecule has 0 radical (unpaired) electrons. The average molecular weight is 240 g/mol. The molecule has 0 amide bonds. The molecule has 1 saturated heterocycles. The lowest BCUT2D eigenvalue weighted by molar-refractivity contribution is 0.0926. The number of para-hydroxylation sites is 1. The van der Waals surface area contributed by atoms with Gasteiger partial charge in [0.2, 0.25) is 0 Å². The van der Waals surface area contributed by atoms with Crippen LogP contribution in [-0.4, -0.2) is 23.0 Å². The van der Waals surface area contributed by atoms with E-state index in [1.807, 2.05) is 0 Å². The normalized spacial score (nSPS) is 28.1. The minimum Gasteiger partial charge on any atom is -0.358 e. The maximum Gasteiger partial charge on any atom is 0.0459 e. The number of H-pyrrole nitrogens is 1. The van der Waals surface area contributed by atoms with E-state index in [2.05, 4.69) is 41.1 Å².